The van der Waals surface area contributed by atoms with E-state index in [0.717, 1.165) is 36.5 Å². The minimum atomic E-state index is -4.88. The molecule has 1 aliphatic carbocycles. The lowest BCUT2D eigenvalue weighted by molar-refractivity contribution is -0.139. The van der Waals surface area contributed by atoms with Crippen molar-refractivity contribution in [1.82, 2.24) is 0 Å². The van der Waals surface area contributed by atoms with E-state index < -0.39 is 34.8 Å². The summed E-state index contributed by atoms with van der Waals surface area (Å²) in [7, 11) is 0. The Kier molecular flexibility index (Phi) is 5.58. The van der Waals surface area contributed by atoms with Gasteiger partial charge in [-0.25, -0.2) is 13.2 Å². The maximum atomic E-state index is 15.3. The van der Waals surface area contributed by atoms with Gasteiger partial charge in [-0.1, -0.05) is 37.6 Å². The van der Waals surface area contributed by atoms with Gasteiger partial charge < -0.3 is 0 Å². The summed E-state index contributed by atoms with van der Waals surface area (Å²) in [5, 5.41) is 0. The maximum absolute atomic E-state index is 15.3. The van der Waals surface area contributed by atoms with E-state index in [0.29, 0.717) is 36.1 Å². The van der Waals surface area contributed by atoms with Crippen LogP contribution in [0.5, 0.6) is 0 Å². The minimum Gasteiger partial charge on any atom is -0.206 e. The monoisotopic (exact) mass is 434 g/mol. The summed E-state index contributed by atoms with van der Waals surface area (Å²) in [4.78, 5) is 0. The van der Waals surface area contributed by atoms with Crippen LogP contribution in [0.4, 0.5) is 26.3 Å². The fourth-order valence-electron chi connectivity index (χ4n) is 4.22. The lowest BCUT2D eigenvalue weighted by Crippen LogP contribution is -2.10. The molecule has 0 atom stereocenters. The molecule has 31 heavy (non-hydrogen) atoms. The van der Waals surface area contributed by atoms with Gasteiger partial charge in [-0.3, -0.25) is 0 Å². The fraction of sp³-hybridized carbons (Fsp3) is 0.280. The summed E-state index contributed by atoms with van der Waals surface area (Å²) in [5.41, 5.74) is 1.46. The summed E-state index contributed by atoms with van der Waals surface area (Å²) in [6.45, 7) is 2.11. The fourth-order valence-corrected chi connectivity index (χ4v) is 4.22. The molecule has 0 amide bonds. The Hall–Kier alpha value is -2.76. The number of alkyl halides is 3. The Bertz CT molecular complexity index is 1140. The number of rotatable bonds is 4. The van der Waals surface area contributed by atoms with Crippen LogP contribution < -0.4 is 0 Å². The van der Waals surface area contributed by atoms with Crippen molar-refractivity contribution in [3.8, 4) is 22.3 Å². The molecule has 0 N–H and O–H groups in total. The van der Waals surface area contributed by atoms with E-state index in [2.05, 4.69) is 13.0 Å². The number of halogens is 6. The molecule has 6 heteroatoms. The van der Waals surface area contributed by atoms with Crippen LogP contribution in [0.2, 0.25) is 0 Å². The molecule has 0 heterocycles. The highest BCUT2D eigenvalue weighted by Gasteiger charge is 2.34. The lowest BCUT2D eigenvalue weighted by atomic mass is 9.82. The number of hydrogen-bond donors (Lipinski definition) is 0. The average molecular weight is 434 g/mol. The first-order chi connectivity index (χ1) is 14.7. The highest BCUT2D eigenvalue weighted by molar-refractivity contribution is 5.78. The van der Waals surface area contributed by atoms with Crippen LogP contribution in [0, 0.1) is 17.5 Å². The van der Waals surface area contributed by atoms with Crippen LogP contribution in [0.15, 0.2) is 42.5 Å². The molecule has 0 bridgehead atoms. The van der Waals surface area contributed by atoms with Crippen LogP contribution in [-0.2, 0) is 25.4 Å². The molecular weight excluding hydrogens is 414 g/mol. The molecule has 0 unspecified atom stereocenters. The third-order valence-electron chi connectivity index (χ3n) is 5.81. The number of fused-ring (bicyclic) bond motifs is 3. The SMILES string of the molecule is CCCCc1ccc2c(c1)CCc1c-2cc(F)c(-c2ccc(C(F)(F)F)c(F)c2)c1F. The van der Waals surface area contributed by atoms with Crippen molar-refractivity contribution in [1.29, 1.82) is 0 Å². The molecular formula is C25H20F6. The van der Waals surface area contributed by atoms with Gasteiger partial charge in [0.15, 0.2) is 0 Å². The minimum absolute atomic E-state index is 0.260. The predicted molar refractivity (Wildman–Crippen MR) is 108 cm³/mol. The van der Waals surface area contributed by atoms with Gasteiger partial charge >= 0.3 is 6.18 Å². The molecule has 0 nitrogen and oxygen atoms in total. The summed E-state index contributed by atoms with van der Waals surface area (Å²) >= 11 is 0. The Labute approximate surface area is 176 Å². The zero-order chi connectivity index (χ0) is 22.3. The number of unbranched alkanes of at least 4 members (excludes halogenated alkanes) is 1. The summed E-state index contributed by atoms with van der Waals surface area (Å²) in [6, 6.07) is 9.04. The van der Waals surface area contributed by atoms with Crippen molar-refractivity contribution in [2.45, 2.75) is 45.2 Å². The van der Waals surface area contributed by atoms with Crippen LogP contribution in [-0.4, -0.2) is 0 Å². The second-order valence-electron chi connectivity index (χ2n) is 7.86. The summed E-state index contributed by atoms with van der Waals surface area (Å²) in [6.07, 6.45) is -0.893. The van der Waals surface area contributed by atoms with Gasteiger partial charge in [0.2, 0.25) is 0 Å². The number of hydrogen-bond acceptors (Lipinski definition) is 0. The highest BCUT2D eigenvalue weighted by Crippen LogP contribution is 2.41. The Morgan fingerprint density at radius 2 is 1.61 bits per heavy atom. The van der Waals surface area contributed by atoms with Gasteiger partial charge in [0, 0.05) is 0 Å². The third kappa shape index (κ3) is 3.95. The molecule has 3 aromatic rings. The van der Waals surface area contributed by atoms with Gasteiger partial charge in [-0.05, 0) is 77.3 Å². The molecule has 0 radical (unpaired) electrons. The smallest absolute Gasteiger partial charge is 0.206 e. The standard InChI is InChI=1S/C25H20F6/c1-2-3-4-14-5-8-17-15(11-14)6-9-18-19(17)13-22(27)23(24(18)28)16-7-10-20(21(26)12-16)25(29,30)31/h5,7-8,10-13H,2-4,6,9H2,1H3. The van der Waals surface area contributed by atoms with Crippen molar-refractivity contribution < 1.29 is 26.3 Å². The van der Waals surface area contributed by atoms with Crippen molar-refractivity contribution >= 4 is 0 Å². The number of benzene rings is 3. The van der Waals surface area contributed by atoms with Gasteiger partial charge in [-0.2, -0.15) is 13.2 Å². The van der Waals surface area contributed by atoms with Gasteiger partial charge in [-0.15, -0.1) is 0 Å². The quantitative estimate of drug-likeness (QED) is 0.366. The van der Waals surface area contributed by atoms with Crippen LogP contribution in [0.25, 0.3) is 22.3 Å². The predicted octanol–water partition coefficient (Wildman–Crippen LogP) is 7.90. The first-order valence-electron chi connectivity index (χ1n) is 10.2. The van der Waals surface area contributed by atoms with E-state index in [4.69, 9.17) is 0 Å². The van der Waals surface area contributed by atoms with Crippen molar-refractivity contribution in [2.24, 2.45) is 0 Å². The normalized spacial score (nSPS) is 13.1. The molecule has 0 aliphatic heterocycles. The van der Waals surface area contributed by atoms with E-state index in [1.54, 1.807) is 0 Å². The van der Waals surface area contributed by atoms with Crippen LogP contribution in [0.3, 0.4) is 0 Å². The summed E-state index contributed by atoms with van der Waals surface area (Å²) < 4.78 is 82.7. The Morgan fingerprint density at radius 1 is 0.839 bits per heavy atom. The van der Waals surface area contributed by atoms with Gasteiger partial charge in [0.1, 0.15) is 17.5 Å². The second kappa shape index (κ2) is 8.06. The van der Waals surface area contributed by atoms with E-state index in [1.807, 2.05) is 12.1 Å². The number of aryl methyl sites for hydroxylation is 2. The second-order valence-corrected chi connectivity index (χ2v) is 7.86. The topological polar surface area (TPSA) is 0 Å². The van der Waals surface area contributed by atoms with Crippen LogP contribution in [0.1, 0.15) is 42.0 Å². The first kappa shape index (κ1) is 21.5. The molecule has 0 aromatic heterocycles. The average Bonchev–Trinajstić information content (AvgIpc) is 2.71. The van der Waals surface area contributed by atoms with Crippen molar-refractivity contribution in [2.75, 3.05) is 0 Å². The van der Waals surface area contributed by atoms with Crippen molar-refractivity contribution in [3.63, 3.8) is 0 Å². The third-order valence-corrected chi connectivity index (χ3v) is 5.81. The van der Waals surface area contributed by atoms with Crippen LogP contribution >= 0.6 is 0 Å². The molecule has 0 fully saturated rings. The van der Waals surface area contributed by atoms with Gasteiger partial charge in [0.05, 0.1) is 11.1 Å². The van der Waals surface area contributed by atoms with Gasteiger partial charge in [0.25, 0.3) is 0 Å². The zero-order valence-electron chi connectivity index (χ0n) is 16.8. The molecule has 3 aromatic carbocycles. The maximum Gasteiger partial charge on any atom is 0.419 e. The molecule has 0 spiro atoms. The Balaban J connectivity index is 1.78. The molecule has 0 saturated heterocycles. The molecule has 0 saturated carbocycles. The molecule has 1 aliphatic rings. The highest BCUT2D eigenvalue weighted by atomic mass is 19.4. The lowest BCUT2D eigenvalue weighted by Gasteiger charge is -2.23. The van der Waals surface area contributed by atoms with E-state index >= 15 is 4.39 Å². The van der Waals surface area contributed by atoms with E-state index in [9.17, 15) is 22.0 Å². The largest absolute Gasteiger partial charge is 0.419 e. The van der Waals surface area contributed by atoms with E-state index in [1.165, 1.54) is 11.6 Å². The first-order valence-corrected chi connectivity index (χ1v) is 10.2. The Morgan fingerprint density at radius 3 is 2.29 bits per heavy atom. The van der Waals surface area contributed by atoms with Crippen molar-refractivity contribution in [3.05, 3.63) is 82.2 Å². The zero-order valence-corrected chi connectivity index (χ0v) is 16.8. The molecule has 162 valence electrons. The summed E-state index contributed by atoms with van der Waals surface area (Å²) in [5.74, 6) is -3.35. The molecule has 4 rings (SSSR count). The van der Waals surface area contributed by atoms with E-state index in [-0.39, 0.29) is 5.56 Å².